The molecule has 1 N–H and O–H groups in total. The lowest BCUT2D eigenvalue weighted by Crippen LogP contribution is -2.21. The largest absolute Gasteiger partial charge is 0.481 e. The number of anilines is 1. The van der Waals surface area contributed by atoms with Gasteiger partial charge in [0.15, 0.2) is 0 Å². The van der Waals surface area contributed by atoms with E-state index < -0.39 is 5.97 Å². The maximum Gasteiger partial charge on any atom is 0.303 e. The molecule has 2 rings (SSSR count). The van der Waals surface area contributed by atoms with Crippen LogP contribution in [0.15, 0.2) is 18.2 Å². The Morgan fingerprint density at radius 3 is 2.95 bits per heavy atom. The van der Waals surface area contributed by atoms with E-state index in [4.69, 9.17) is 5.11 Å². The fraction of sp³-hybridized carbons (Fsp3) is 0.500. The number of benzene rings is 1. The monoisotopic (exact) mass is 278 g/mol. The van der Waals surface area contributed by atoms with Gasteiger partial charge in [0.25, 0.3) is 5.69 Å². The molecule has 108 valence electrons. The van der Waals surface area contributed by atoms with Crippen LogP contribution in [-0.4, -0.2) is 29.1 Å². The summed E-state index contributed by atoms with van der Waals surface area (Å²) in [5, 5.41) is 19.8. The van der Waals surface area contributed by atoms with Crippen molar-refractivity contribution in [2.75, 3.05) is 18.0 Å². The van der Waals surface area contributed by atoms with Gasteiger partial charge in [-0.1, -0.05) is 6.07 Å². The van der Waals surface area contributed by atoms with E-state index in [0.29, 0.717) is 24.6 Å². The third kappa shape index (κ3) is 3.26. The molecule has 0 bridgehead atoms. The highest BCUT2D eigenvalue weighted by Crippen LogP contribution is 2.34. The third-order valence-electron chi connectivity index (χ3n) is 3.72. The van der Waals surface area contributed by atoms with Crippen molar-refractivity contribution in [2.24, 2.45) is 5.92 Å². The molecular weight excluding hydrogens is 260 g/mol. The summed E-state index contributed by atoms with van der Waals surface area (Å²) >= 11 is 0. The smallest absolute Gasteiger partial charge is 0.303 e. The van der Waals surface area contributed by atoms with Gasteiger partial charge in [-0.25, -0.2) is 0 Å². The molecule has 0 saturated carbocycles. The maximum atomic E-state index is 11.1. The summed E-state index contributed by atoms with van der Waals surface area (Å²) in [6, 6.07) is 5.10. The number of nitro groups is 1. The van der Waals surface area contributed by atoms with Gasteiger partial charge in [-0.05, 0) is 37.3 Å². The van der Waals surface area contributed by atoms with Crippen LogP contribution in [0.1, 0.15) is 24.8 Å². The molecular formula is C14H18N2O4. The SMILES string of the molecule is Cc1ccc([N+](=O)[O-])c(N2CCC(CCC(=O)O)C2)c1. The molecule has 1 aromatic rings. The van der Waals surface area contributed by atoms with Crippen molar-refractivity contribution in [1.82, 2.24) is 0 Å². The van der Waals surface area contributed by atoms with Crippen molar-refractivity contribution in [3.8, 4) is 0 Å². The van der Waals surface area contributed by atoms with Gasteiger partial charge in [-0.2, -0.15) is 0 Å². The molecule has 1 unspecified atom stereocenters. The first-order valence-corrected chi connectivity index (χ1v) is 6.69. The first-order chi connectivity index (χ1) is 9.47. The van der Waals surface area contributed by atoms with Crippen LogP contribution in [0, 0.1) is 23.0 Å². The second-order valence-electron chi connectivity index (χ2n) is 5.28. The molecule has 1 heterocycles. The van der Waals surface area contributed by atoms with E-state index in [1.807, 2.05) is 17.9 Å². The Labute approximate surface area is 117 Å². The van der Waals surface area contributed by atoms with Crippen molar-refractivity contribution in [3.05, 3.63) is 33.9 Å². The second kappa shape index (κ2) is 5.90. The number of carboxylic acids is 1. The molecule has 0 aliphatic carbocycles. The van der Waals surface area contributed by atoms with Crippen LogP contribution >= 0.6 is 0 Å². The molecule has 0 aromatic heterocycles. The zero-order valence-corrected chi connectivity index (χ0v) is 11.4. The van der Waals surface area contributed by atoms with Gasteiger partial charge in [0.05, 0.1) is 4.92 Å². The molecule has 1 saturated heterocycles. The molecule has 0 amide bonds. The average molecular weight is 278 g/mol. The van der Waals surface area contributed by atoms with Crippen LogP contribution in [-0.2, 0) is 4.79 Å². The number of aryl methyl sites for hydroxylation is 1. The van der Waals surface area contributed by atoms with Crippen molar-refractivity contribution in [2.45, 2.75) is 26.2 Å². The van der Waals surface area contributed by atoms with E-state index in [-0.39, 0.29) is 17.0 Å². The number of hydrogen-bond acceptors (Lipinski definition) is 4. The summed E-state index contributed by atoms with van der Waals surface area (Å²) in [5.74, 6) is -0.490. The van der Waals surface area contributed by atoms with Crippen molar-refractivity contribution in [1.29, 1.82) is 0 Å². The summed E-state index contributed by atoms with van der Waals surface area (Å²) in [4.78, 5) is 23.3. The van der Waals surface area contributed by atoms with Crippen LogP contribution in [0.25, 0.3) is 0 Å². The van der Waals surface area contributed by atoms with Crippen molar-refractivity contribution in [3.63, 3.8) is 0 Å². The molecule has 0 spiro atoms. The molecule has 1 aliphatic rings. The number of carbonyl (C=O) groups is 1. The Balaban J connectivity index is 2.11. The maximum absolute atomic E-state index is 11.1. The number of carboxylic acid groups (broad SMARTS) is 1. The molecule has 1 aromatic carbocycles. The predicted octanol–water partition coefficient (Wildman–Crippen LogP) is 2.59. The lowest BCUT2D eigenvalue weighted by molar-refractivity contribution is -0.384. The Kier molecular flexibility index (Phi) is 4.22. The van der Waals surface area contributed by atoms with Crippen LogP contribution in [0.2, 0.25) is 0 Å². The molecule has 20 heavy (non-hydrogen) atoms. The van der Waals surface area contributed by atoms with Crippen LogP contribution < -0.4 is 4.90 Å². The lowest BCUT2D eigenvalue weighted by Gasteiger charge is -2.19. The van der Waals surface area contributed by atoms with Crippen molar-refractivity contribution < 1.29 is 14.8 Å². The molecule has 6 heteroatoms. The van der Waals surface area contributed by atoms with Crippen LogP contribution in [0.3, 0.4) is 0 Å². The standard InChI is InChI=1S/C14H18N2O4/c1-10-2-4-12(16(19)20)13(8-10)15-7-6-11(9-15)3-5-14(17)18/h2,4,8,11H,3,5-7,9H2,1H3,(H,17,18). The van der Waals surface area contributed by atoms with Crippen LogP contribution in [0.5, 0.6) is 0 Å². The fourth-order valence-electron chi connectivity index (χ4n) is 2.66. The summed E-state index contributed by atoms with van der Waals surface area (Å²) in [6.07, 6.45) is 1.68. The van der Waals surface area contributed by atoms with E-state index in [1.165, 1.54) is 6.07 Å². The van der Waals surface area contributed by atoms with E-state index in [0.717, 1.165) is 18.5 Å². The van der Waals surface area contributed by atoms with Gasteiger partial charge in [-0.3, -0.25) is 14.9 Å². The van der Waals surface area contributed by atoms with Gasteiger partial charge in [-0.15, -0.1) is 0 Å². The average Bonchev–Trinajstić information content (AvgIpc) is 2.84. The lowest BCUT2D eigenvalue weighted by atomic mass is 10.0. The summed E-state index contributed by atoms with van der Waals surface area (Å²) in [6.45, 7) is 3.34. The summed E-state index contributed by atoms with van der Waals surface area (Å²) < 4.78 is 0. The molecule has 6 nitrogen and oxygen atoms in total. The first kappa shape index (κ1) is 14.3. The Bertz CT molecular complexity index is 530. The van der Waals surface area contributed by atoms with E-state index >= 15 is 0 Å². The number of aliphatic carboxylic acids is 1. The number of nitro benzene ring substituents is 1. The zero-order valence-electron chi connectivity index (χ0n) is 11.4. The van der Waals surface area contributed by atoms with Gasteiger partial charge < -0.3 is 10.0 Å². The zero-order chi connectivity index (χ0) is 14.7. The van der Waals surface area contributed by atoms with Gasteiger partial charge in [0.1, 0.15) is 5.69 Å². The third-order valence-corrected chi connectivity index (χ3v) is 3.72. The van der Waals surface area contributed by atoms with Gasteiger partial charge >= 0.3 is 5.97 Å². The minimum absolute atomic E-state index is 0.120. The number of hydrogen-bond donors (Lipinski definition) is 1. The fourth-order valence-corrected chi connectivity index (χ4v) is 2.66. The van der Waals surface area contributed by atoms with E-state index in [1.54, 1.807) is 6.07 Å². The van der Waals surface area contributed by atoms with Gasteiger partial charge in [0.2, 0.25) is 0 Å². The topological polar surface area (TPSA) is 83.7 Å². The summed E-state index contributed by atoms with van der Waals surface area (Å²) in [5.41, 5.74) is 1.75. The molecule has 0 radical (unpaired) electrons. The predicted molar refractivity (Wildman–Crippen MR) is 75.0 cm³/mol. The second-order valence-corrected chi connectivity index (χ2v) is 5.28. The Hall–Kier alpha value is -2.11. The van der Waals surface area contributed by atoms with Crippen LogP contribution in [0.4, 0.5) is 11.4 Å². The highest BCUT2D eigenvalue weighted by atomic mass is 16.6. The van der Waals surface area contributed by atoms with E-state index in [9.17, 15) is 14.9 Å². The summed E-state index contributed by atoms with van der Waals surface area (Å²) in [7, 11) is 0. The quantitative estimate of drug-likeness (QED) is 0.661. The number of rotatable bonds is 5. The molecule has 1 fully saturated rings. The molecule has 1 aliphatic heterocycles. The minimum atomic E-state index is -0.787. The van der Waals surface area contributed by atoms with E-state index in [2.05, 4.69) is 0 Å². The minimum Gasteiger partial charge on any atom is -0.481 e. The number of nitrogens with zero attached hydrogens (tertiary/aromatic N) is 2. The highest BCUT2D eigenvalue weighted by Gasteiger charge is 2.27. The van der Waals surface area contributed by atoms with Crippen molar-refractivity contribution >= 4 is 17.3 Å². The van der Waals surface area contributed by atoms with Gasteiger partial charge in [0, 0.05) is 25.6 Å². The Morgan fingerprint density at radius 2 is 2.30 bits per heavy atom. The molecule has 1 atom stereocenters. The normalized spacial score (nSPS) is 18.2. The first-order valence-electron chi connectivity index (χ1n) is 6.69. The highest BCUT2D eigenvalue weighted by molar-refractivity contribution is 5.67. The Morgan fingerprint density at radius 1 is 1.55 bits per heavy atom.